The number of benzene rings is 2. The van der Waals surface area contributed by atoms with Crippen molar-refractivity contribution in [1.29, 1.82) is 0 Å². The molecule has 0 bridgehead atoms. The van der Waals surface area contributed by atoms with E-state index in [4.69, 9.17) is 4.74 Å². The lowest BCUT2D eigenvalue weighted by atomic mass is 10.2. The van der Waals surface area contributed by atoms with E-state index in [-0.39, 0.29) is 24.9 Å². The fourth-order valence-electron chi connectivity index (χ4n) is 2.42. The van der Waals surface area contributed by atoms with E-state index in [9.17, 15) is 9.59 Å². The Labute approximate surface area is 153 Å². The van der Waals surface area contributed by atoms with Gasteiger partial charge in [0.2, 0.25) is 5.91 Å². The smallest absolute Gasteiger partial charge is 0.307 e. The highest BCUT2D eigenvalue weighted by Crippen LogP contribution is 2.34. The lowest BCUT2D eigenvalue weighted by Crippen LogP contribution is -2.37. The molecule has 2 aromatic rings. The molecule has 0 aromatic heterocycles. The van der Waals surface area contributed by atoms with Gasteiger partial charge in [-0.25, -0.2) is 0 Å². The van der Waals surface area contributed by atoms with Gasteiger partial charge in [0, 0.05) is 15.9 Å². The number of carbonyl (C=O) groups excluding carboxylic acids is 2. The molecule has 0 saturated carbocycles. The van der Waals surface area contributed by atoms with Gasteiger partial charge in [-0.1, -0.05) is 40.2 Å². The van der Waals surface area contributed by atoms with Crippen molar-refractivity contribution in [3.8, 4) is 0 Å². The number of hydrogen-bond acceptors (Lipinski definition) is 4. The molecule has 4 nitrogen and oxygen atoms in total. The highest BCUT2D eigenvalue weighted by molar-refractivity contribution is 9.10. The van der Waals surface area contributed by atoms with Crippen LogP contribution in [0.1, 0.15) is 12.0 Å². The molecule has 3 rings (SSSR count). The summed E-state index contributed by atoms with van der Waals surface area (Å²) in [6.45, 7) is 0.585. The van der Waals surface area contributed by atoms with Gasteiger partial charge in [-0.05, 0) is 29.8 Å². The van der Waals surface area contributed by atoms with Crippen molar-refractivity contribution in [2.75, 3.05) is 17.2 Å². The molecule has 0 aliphatic carbocycles. The molecule has 2 aromatic carbocycles. The van der Waals surface area contributed by atoms with Crippen molar-refractivity contribution < 1.29 is 14.3 Å². The minimum Gasteiger partial charge on any atom is -0.461 e. The lowest BCUT2D eigenvalue weighted by Gasteiger charge is -2.28. The third kappa shape index (κ3) is 4.19. The normalized spacial score (nSPS) is 13.5. The van der Waals surface area contributed by atoms with Gasteiger partial charge in [0.1, 0.15) is 6.61 Å². The van der Waals surface area contributed by atoms with Gasteiger partial charge in [-0.2, -0.15) is 0 Å². The molecule has 0 radical (unpaired) electrons. The van der Waals surface area contributed by atoms with E-state index in [2.05, 4.69) is 15.9 Å². The second-order valence-electron chi connectivity index (χ2n) is 5.34. The molecule has 0 spiro atoms. The van der Waals surface area contributed by atoms with Crippen molar-refractivity contribution in [1.82, 2.24) is 0 Å². The van der Waals surface area contributed by atoms with Crippen molar-refractivity contribution in [3.63, 3.8) is 0 Å². The van der Waals surface area contributed by atoms with Crippen molar-refractivity contribution >= 4 is 45.3 Å². The molecule has 124 valence electrons. The van der Waals surface area contributed by atoms with E-state index in [1.807, 2.05) is 48.5 Å². The van der Waals surface area contributed by atoms with Crippen LogP contribution >= 0.6 is 27.7 Å². The molecule has 6 heteroatoms. The van der Waals surface area contributed by atoms with Crippen LogP contribution in [0.25, 0.3) is 0 Å². The maximum atomic E-state index is 12.1. The zero-order chi connectivity index (χ0) is 16.9. The van der Waals surface area contributed by atoms with E-state index >= 15 is 0 Å². The Balaban J connectivity index is 1.54. The highest BCUT2D eigenvalue weighted by atomic mass is 79.9. The summed E-state index contributed by atoms with van der Waals surface area (Å²) in [6, 6.07) is 15.4. The summed E-state index contributed by atoms with van der Waals surface area (Å²) < 4.78 is 6.27. The van der Waals surface area contributed by atoms with E-state index < -0.39 is 0 Å². The number of amides is 1. The molecular formula is C18H16BrNO3S. The molecule has 1 aliphatic rings. The topological polar surface area (TPSA) is 46.6 Å². The Morgan fingerprint density at radius 1 is 1.17 bits per heavy atom. The Morgan fingerprint density at radius 2 is 1.92 bits per heavy atom. The van der Waals surface area contributed by atoms with Crippen LogP contribution in [0.5, 0.6) is 0 Å². The van der Waals surface area contributed by atoms with E-state index in [0.717, 1.165) is 20.6 Å². The fraction of sp³-hybridized carbons (Fsp3) is 0.222. The quantitative estimate of drug-likeness (QED) is 0.704. The molecule has 0 unspecified atom stereocenters. The van der Waals surface area contributed by atoms with Gasteiger partial charge in [-0.3, -0.25) is 9.59 Å². The molecule has 0 saturated heterocycles. The van der Waals surface area contributed by atoms with E-state index in [1.165, 1.54) is 11.8 Å². The molecule has 1 aliphatic heterocycles. The van der Waals surface area contributed by atoms with Crippen LogP contribution < -0.4 is 4.90 Å². The minimum atomic E-state index is -0.304. The van der Waals surface area contributed by atoms with E-state index in [1.54, 1.807) is 4.90 Å². The first-order chi connectivity index (χ1) is 11.6. The summed E-state index contributed by atoms with van der Waals surface area (Å²) in [5.74, 6) is 0.131. The number of halogens is 1. The first-order valence-electron chi connectivity index (χ1n) is 7.56. The van der Waals surface area contributed by atoms with Crippen LogP contribution in [0.3, 0.4) is 0 Å². The summed E-state index contributed by atoms with van der Waals surface area (Å²) in [6.07, 6.45) is 0.182. The molecule has 1 amide bonds. The van der Waals surface area contributed by atoms with Crippen LogP contribution in [-0.2, 0) is 20.9 Å². The predicted octanol–water partition coefficient (Wildman–Crippen LogP) is 4.02. The Bertz CT molecular complexity index is 748. The molecule has 24 heavy (non-hydrogen) atoms. The van der Waals surface area contributed by atoms with Gasteiger partial charge >= 0.3 is 5.97 Å². The Hall–Kier alpha value is -1.79. The average molecular weight is 406 g/mol. The summed E-state index contributed by atoms with van der Waals surface area (Å²) in [4.78, 5) is 26.8. The lowest BCUT2D eigenvalue weighted by molar-refractivity contribution is -0.144. The first-order valence-corrected chi connectivity index (χ1v) is 9.33. The Morgan fingerprint density at radius 3 is 2.71 bits per heavy atom. The van der Waals surface area contributed by atoms with Crippen LogP contribution in [0.2, 0.25) is 0 Å². The molecule has 1 heterocycles. The van der Waals surface area contributed by atoms with Gasteiger partial charge in [-0.15, -0.1) is 11.8 Å². The van der Waals surface area contributed by atoms with Gasteiger partial charge in [0.05, 0.1) is 17.9 Å². The predicted molar refractivity (Wildman–Crippen MR) is 98.1 cm³/mol. The summed E-state index contributed by atoms with van der Waals surface area (Å²) >= 11 is 4.90. The van der Waals surface area contributed by atoms with Gasteiger partial charge in [0.15, 0.2) is 0 Å². The van der Waals surface area contributed by atoms with Crippen molar-refractivity contribution in [2.24, 2.45) is 0 Å². The number of esters is 1. The first kappa shape index (κ1) is 17.0. The van der Waals surface area contributed by atoms with Crippen LogP contribution in [0.4, 0.5) is 5.69 Å². The molecule has 0 fully saturated rings. The second-order valence-corrected chi connectivity index (χ2v) is 7.27. The number of nitrogens with zero attached hydrogens (tertiary/aromatic N) is 1. The third-order valence-corrected chi connectivity index (χ3v) is 5.24. The number of anilines is 1. The number of ether oxygens (including phenoxy) is 1. The molecule has 0 N–H and O–H groups in total. The number of rotatable bonds is 5. The van der Waals surface area contributed by atoms with Crippen molar-refractivity contribution in [2.45, 2.75) is 17.9 Å². The monoisotopic (exact) mass is 405 g/mol. The maximum absolute atomic E-state index is 12.1. The fourth-order valence-corrected chi connectivity index (χ4v) is 3.62. The minimum absolute atomic E-state index is 0.0272. The summed E-state index contributed by atoms with van der Waals surface area (Å²) in [7, 11) is 0. The zero-order valence-electron chi connectivity index (χ0n) is 12.9. The number of fused-ring (bicyclic) bond motifs is 1. The van der Waals surface area contributed by atoms with Crippen LogP contribution in [-0.4, -0.2) is 24.2 Å². The maximum Gasteiger partial charge on any atom is 0.307 e. The van der Waals surface area contributed by atoms with Crippen LogP contribution in [0.15, 0.2) is 57.9 Å². The third-order valence-electron chi connectivity index (χ3n) is 3.66. The summed E-state index contributed by atoms with van der Waals surface area (Å²) in [5.41, 5.74) is 1.81. The Kier molecular flexibility index (Phi) is 5.58. The summed E-state index contributed by atoms with van der Waals surface area (Å²) in [5, 5.41) is 0. The second kappa shape index (κ2) is 7.85. The molecular weight excluding hydrogens is 390 g/mol. The number of para-hydroxylation sites is 1. The average Bonchev–Trinajstić information content (AvgIpc) is 2.60. The molecule has 0 atom stereocenters. The van der Waals surface area contributed by atoms with E-state index in [0.29, 0.717) is 12.3 Å². The SMILES string of the molecule is O=C(CCN1C(=O)CSc2ccccc21)OCc1ccc(Br)cc1. The van der Waals surface area contributed by atoms with Gasteiger partial charge < -0.3 is 9.64 Å². The van der Waals surface area contributed by atoms with Gasteiger partial charge in [0.25, 0.3) is 0 Å². The standard InChI is InChI=1S/C18H16BrNO3S/c19-14-7-5-13(6-8-14)11-23-18(22)9-10-20-15-3-1-2-4-16(15)24-12-17(20)21/h1-8H,9-12H2. The number of carbonyl (C=O) groups is 2. The zero-order valence-corrected chi connectivity index (χ0v) is 15.3. The largest absolute Gasteiger partial charge is 0.461 e. The number of hydrogen-bond donors (Lipinski definition) is 0. The van der Waals surface area contributed by atoms with Crippen LogP contribution in [0, 0.1) is 0 Å². The number of thioether (sulfide) groups is 1. The highest BCUT2D eigenvalue weighted by Gasteiger charge is 2.24. The van der Waals surface area contributed by atoms with Crippen molar-refractivity contribution in [3.05, 3.63) is 58.6 Å².